The molecule has 1 heterocycles. The SMILES string of the molecule is CC(CN)CC(=O)N1c2ccccc2CC1C(=O)O. The van der Waals surface area contributed by atoms with Crippen LogP contribution in [0, 0.1) is 5.92 Å². The first-order valence-corrected chi connectivity index (χ1v) is 6.37. The number of hydrogen-bond donors (Lipinski definition) is 2. The zero-order valence-corrected chi connectivity index (χ0v) is 10.9. The first-order valence-electron chi connectivity index (χ1n) is 6.37. The molecule has 1 aliphatic rings. The van der Waals surface area contributed by atoms with E-state index in [1.807, 2.05) is 25.1 Å². The van der Waals surface area contributed by atoms with E-state index in [4.69, 9.17) is 5.73 Å². The van der Waals surface area contributed by atoms with Gasteiger partial charge in [-0.05, 0) is 24.1 Å². The van der Waals surface area contributed by atoms with Gasteiger partial charge >= 0.3 is 5.97 Å². The minimum absolute atomic E-state index is 0.0507. The minimum atomic E-state index is -0.968. The first-order chi connectivity index (χ1) is 9.04. The molecule has 0 bridgehead atoms. The summed E-state index contributed by atoms with van der Waals surface area (Å²) in [5.74, 6) is -1.09. The molecule has 0 aliphatic carbocycles. The van der Waals surface area contributed by atoms with Gasteiger partial charge in [-0.25, -0.2) is 4.79 Å². The standard InChI is InChI=1S/C14H18N2O3/c1-9(8-15)6-13(17)16-11-5-3-2-4-10(11)7-12(16)14(18)19/h2-5,9,12H,6-8,15H2,1H3,(H,18,19). The molecule has 5 nitrogen and oxygen atoms in total. The van der Waals surface area contributed by atoms with Gasteiger partial charge in [0, 0.05) is 18.5 Å². The summed E-state index contributed by atoms with van der Waals surface area (Å²) in [7, 11) is 0. The Morgan fingerprint density at radius 3 is 2.79 bits per heavy atom. The Labute approximate surface area is 112 Å². The van der Waals surface area contributed by atoms with Crippen LogP contribution in [-0.4, -0.2) is 29.6 Å². The lowest BCUT2D eigenvalue weighted by Gasteiger charge is -2.24. The maximum absolute atomic E-state index is 12.3. The lowest BCUT2D eigenvalue weighted by molar-refractivity contribution is -0.140. The van der Waals surface area contributed by atoms with Crippen molar-refractivity contribution in [3.05, 3.63) is 29.8 Å². The van der Waals surface area contributed by atoms with Crippen molar-refractivity contribution >= 4 is 17.6 Å². The predicted molar refractivity (Wildman–Crippen MR) is 71.9 cm³/mol. The summed E-state index contributed by atoms with van der Waals surface area (Å²) in [4.78, 5) is 25.0. The van der Waals surface area contributed by atoms with E-state index in [1.165, 1.54) is 4.90 Å². The Morgan fingerprint density at radius 2 is 2.16 bits per heavy atom. The molecule has 19 heavy (non-hydrogen) atoms. The van der Waals surface area contributed by atoms with Gasteiger partial charge in [0.15, 0.2) is 0 Å². The summed E-state index contributed by atoms with van der Waals surface area (Å²) in [6, 6.07) is 6.54. The molecule has 2 unspecified atom stereocenters. The van der Waals surface area contributed by atoms with E-state index in [1.54, 1.807) is 6.07 Å². The van der Waals surface area contributed by atoms with Crippen molar-refractivity contribution in [3.8, 4) is 0 Å². The second kappa shape index (κ2) is 5.40. The topological polar surface area (TPSA) is 83.6 Å². The molecular weight excluding hydrogens is 244 g/mol. The molecule has 1 amide bonds. The molecule has 0 spiro atoms. The number of anilines is 1. The molecule has 0 saturated carbocycles. The number of carboxylic acid groups (broad SMARTS) is 1. The van der Waals surface area contributed by atoms with Gasteiger partial charge in [-0.2, -0.15) is 0 Å². The quantitative estimate of drug-likeness (QED) is 0.848. The third-order valence-corrected chi connectivity index (χ3v) is 3.46. The Balaban J connectivity index is 2.29. The second-order valence-corrected chi connectivity index (χ2v) is 5.00. The Kier molecular flexibility index (Phi) is 3.85. The van der Waals surface area contributed by atoms with Crippen LogP contribution in [0.5, 0.6) is 0 Å². The number of aliphatic carboxylic acids is 1. The van der Waals surface area contributed by atoms with Crippen LogP contribution in [0.25, 0.3) is 0 Å². The van der Waals surface area contributed by atoms with Crippen molar-refractivity contribution in [2.45, 2.75) is 25.8 Å². The normalized spacial score (nSPS) is 19.1. The van der Waals surface area contributed by atoms with Gasteiger partial charge in [-0.15, -0.1) is 0 Å². The molecule has 1 aliphatic heterocycles. The van der Waals surface area contributed by atoms with Gasteiger partial charge < -0.3 is 10.8 Å². The second-order valence-electron chi connectivity index (χ2n) is 5.00. The van der Waals surface area contributed by atoms with Gasteiger partial charge in [0.25, 0.3) is 0 Å². The molecule has 1 aromatic rings. The number of amides is 1. The zero-order chi connectivity index (χ0) is 14.0. The van der Waals surface area contributed by atoms with Crippen LogP contribution < -0.4 is 10.6 Å². The molecule has 0 radical (unpaired) electrons. The number of benzene rings is 1. The Hall–Kier alpha value is -1.88. The van der Waals surface area contributed by atoms with Crippen LogP contribution in [0.3, 0.4) is 0 Å². The number of carbonyl (C=O) groups is 2. The van der Waals surface area contributed by atoms with E-state index >= 15 is 0 Å². The summed E-state index contributed by atoms with van der Waals surface area (Å²) < 4.78 is 0. The Bertz CT molecular complexity index is 501. The average Bonchev–Trinajstić information content (AvgIpc) is 2.78. The van der Waals surface area contributed by atoms with Crippen LogP contribution in [0.1, 0.15) is 18.9 Å². The molecule has 2 rings (SSSR count). The van der Waals surface area contributed by atoms with Crippen LogP contribution in [-0.2, 0) is 16.0 Å². The molecule has 1 aromatic carbocycles. The summed E-state index contributed by atoms with van der Waals surface area (Å²) >= 11 is 0. The van der Waals surface area contributed by atoms with Crippen LogP contribution in [0.15, 0.2) is 24.3 Å². The van der Waals surface area contributed by atoms with E-state index in [0.29, 0.717) is 18.7 Å². The van der Waals surface area contributed by atoms with E-state index in [2.05, 4.69) is 0 Å². The van der Waals surface area contributed by atoms with Crippen molar-refractivity contribution in [1.29, 1.82) is 0 Å². The van der Waals surface area contributed by atoms with Gasteiger partial charge in [-0.3, -0.25) is 9.69 Å². The van der Waals surface area contributed by atoms with Crippen molar-refractivity contribution in [1.82, 2.24) is 0 Å². The lowest BCUT2D eigenvalue weighted by atomic mass is 10.1. The smallest absolute Gasteiger partial charge is 0.327 e. The Morgan fingerprint density at radius 1 is 1.47 bits per heavy atom. The number of fused-ring (bicyclic) bond motifs is 1. The number of carboxylic acids is 1. The summed E-state index contributed by atoms with van der Waals surface area (Å²) in [5, 5.41) is 9.28. The fourth-order valence-corrected chi connectivity index (χ4v) is 2.37. The first kappa shape index (κ1) is 13.5. The summed E-state index contributed by atoms with van der Waals surface area (Å²) in [6.07, 6.45) is 0.642. The van der Waals surface area contributed by atoms with Crippen molar-refractivity contribution in [3.63, 3.8) is 0 Å². The summed E-state index contributed by atoms with van der Waals surface area (Å²) in [6.45, 7) is 2.30. The fraction of sp³-hybridized carbons (Fsp3) is 0.429. The largest absolute Gasteiger partial charge is 0.480 e. The molecule has 0 fully saturated rings. The number of hydrogen-bond acceptors (Lipinski definition) is 3. The van der Waals surface area contributed by atoms with Crippen LogP contribution >= 0.6 is 0 Å². The van der Waals surface area contributed by atoms with Crippen molar-refractivity contribution < 1.29 is 14.7 Å². The molecule has 0 saturated heterocycles. The minimum Gasteiger partial charge on any atom is -0.480 e. The summed E-state index contributed by atoms with van der Waals surface area (Å²) in [5.41, 5.74) is 7.14. The molecule has 102 valence electrons. The van der Waals surface area contributed by atoms with Gasteiger partial charge in [0.05, 0.1) is 0 Å². The highest BCUT2D eigenvalue weighted by atomic mass is 16.4. The maximum atomic E-state index is 12.3. The molecule has 5 heteroatoms. The number of carbonyl (C=O) groups excluding carboxylic acids is 1. The third-order valence-electron chi connectivity index (χ3n) is 3.46. The number of nitrogens with zero attached hydrogens (tertiary/aromatic N) is 1. The van der Waals surface area contributed by atoms with Gasteiger partial charge in [0.2, 0.25) is 5.91 Å². The third kappa shape index (κ3) is 2.61. The van der Waals surface area contributed by atoms with E-state index in [0.717, 1.165) is 5.56 Å². The number of para-hydroxylation sites is 1. The van der Waals surface area contributed by atoms with Crippen molar-refractivity contribution in [2.75, 3.05) is 11.4 Å². The van der Waals surface area contributed by atoms with Crippen molar-refractivity contribution in [2.24, 2.45) is 11.7 Å². The monoisotopic (exact) mass is 262 g/mol. The van der Waals surface area contributed by atoms with E-state index in [-0.39, 0.29) is 18.2 Å². The zero-order valence-electron chi connectivity index (χ0n) is 10.9. The molecule has 3 N–H and O–H groups in total. The van der Waals surface area contributed by atoms with Gasteiger partial charge in [-0.1, -0.05) is 25.1 Å². The fourth-order valence-electron chi connectivity index (χ4n) is 2.37. The van der Waals surface area contributed by atoms with E-state index in [9.17, 15) is 14.7 Å². The highest BCUT2D eigenvalue weighted by Gasteiger charge is 2.38. The highest BCUT2D eigenvalue weighted by molar-refractivity contribution is 6.01. The maximum Gasteiger partial charge on any atom is 0.327 e. The predicted octanol–water partition coefficient (Wildman–Crippen LogP) is 1.01. The molecular formula is C14H18N2O3. The molecule has 2 atom stereocenters. The van der Waals surface area contributed by atoms with Gasteiger partial charge in [0.1, 0.15) is 6.04 Å². The van der Waals surface area contributed by atoms with Crippen LogP contribution in [0.2, 0.25) is 0 Å². The van der Waals surface area contributed by atoms with E-state index < -0.39 is 12.0 Å². The average molecular weight is 262 g/mol. The number of nitrogens with two attached hydrogens (primary N) is 1. The highest BCUT2D eigenvalue weighted by Crippen LogP contribution is 2.33. The lowest BCUT2D eigenvalue weighted by Crippen LogP contribution is -2.43. The molecule has 0 aromatic heterocycles. The van der Waals surface area contributed by atoms with Crippen LogP contribution in [0.4, 0.5) is 5.69 Å². The number of rotatable bonds is 4.